The van der Waals surface area contributed by atoms with Crippen molar-refractivity contribution in [2.45, 2.75) is 4.90 Å². The van der Waals surface area contributed by atoms with Gasteiger partial charge in [0.05, 0.1) is 4.90 Å². The van der Waals surface area contributed by atoms with Crippen molar-refractivity contribution in [3.63, 3.8) is 0 Å². The van der Waals surface area contributed by atoms with Gasteiger partial charge >= 0.3 is 0 Å². The number of sulfonamides is 1. The molecule has 0 bridgehead atoms. The van der Waals surface area contributed by atoms with E-state index in [1.165, 1.54) is 38.0 Å². The fourth-order valence-corrected chi connectivity index (χ4v) is 2.51. The first-order valence-corrected chi connectivity index (χ1v) is 8.02. The lowest BCUT2D eigenvalue weighted by Gasteiger charge is -2.12. The molecule has 20 heavy (non-hydrogen) atoms. The molecule has 9 heteroatoms. The standard InChI is InChI=1S/C11H14N4O3S2/c1-15(2)20(17,18)8-4-5-9(10(16)6-8)14-11(19-3)13-7-12/h4-6,16H,1-3H3,(H,13,14). The number of phenols is 1. The number of thioether (sulfide) groups is 1. The summed E-state index contributed by atoms with van der Waals surface area (Å²) in [5, 5.41) is 21.0. The van der Waals surface area contributed by atoms with Gasteiger partial charge < -0.3 is 5.11 Å². The van der Waals surface area contributed by atoms with Crippen molar-refractivity contribution >= 4 is 32.6 Å². The molecule has 1 aromatic carbocycles. The van der Waals surface area contributed by atoms with Crippen molar-refractivity contribution < 1.29 is 13.5 Å². The molecule has 1 aromatic rings. The van der Waals surface area contributed by atoms with Gasteiger partial charge in [-0.05, 0) is 18.4 Å². The van der Waals surface area contributed by atoms with Crippen LogP contribution in [0.1, 0.15) is 0 Å². The summed E-state index contributed by atoms with van der Waals surface area (Å²) in [7, 11) is -0.801. The minimum absolute atomic E-state index is 0.0297. The van der Waals surface area contributed by atoms with Gasteiger partial charge in [-0.3, -0.25) is 5.32 Å². The smallest absolute Gasteiger partial charge is 0.242 e. The van der Waals surface area contributed by atoms with Crippen molar-refractivity contribution in [2.24, 2.45) is 4.99 Å². The molecule has 108 valence electrons. The van der Waals surface area contributed by atoms with E-state index in [4.69, 9.17) is 5.26 Å². The van der Waals surface area contributed by atoms with E-state index in [0.29, 0.717) is 5.17 Å². The molecule has 0 saturated heterocycles. The quantitative estimate of drug-likeness (QED) is 0.374. The number of hydrogen-bond donors (Lipinski definition) is 2. The molecule has 0 unspecified atom stereocenters. The van der Waals surface area contributed by atoms with Crippen molar-refractivity contribution in [3.8, 4) is 11.9 Å². The van der Waals surface area contributed by atoms with Crippen LogP contribution in [0.5, 0.6) is 5.75 Å². The molecule has 0 radical (unpaired) electrons. The molecular formula is C11H14N4O3S2. The Hall–Kier alpha value is -1.76. The minimum atomic E-state index is -3.61. The SMILES string of the molecule is CSC(=Nc1ccc(S(=O)(=O)N(C)C)cc1O)NC#N. The van der Waals surface area contributed by atoms with E-state index < -0.39 is 10.0 Å². The highest BCUT2D eigenvalue weighted by Gasteiger charge is 2.18. The van der Waals surface area contributed by atoms with E-state index >= 15 is 0 Å². The predicted octanol–water partition coefficient (Wildman–Crippen LogP) is 1.06. The Bertz CT molecular complexity index is 663. The second kappa shape index (κ2) is 6.60. The highest BCUT2D eigenvalue weighted by molar-refractivity contribution is 8.13. The van der Waals surface area contributed by atoms with Crippen molar-refractivity contribution in [1.29, 1.82) is 5.26 Å². The minimum Gasteiger partial charge on any atom is -0.506 e. The molecule has 0 saturated carbocycles. The van der Waals surface area contributed by atoms with Gasteiger partial charge in [-0.15, -0.1) is 0 Å². The van der Waals surface area contributed by atoms with Gasteiger partial charge in [0.15, 0.2) is 11.4 Å². The molecule has 0 aliphatic heterocycles. The van der Waals surface area contributed by atoms with Crippen LogP contribution >= 0.6 is 11.8 Å². The molecule has 0 fully saturated rings. The average Bonchev–Trinajstić information content (AvgIpc) is 2.39. The summed E-state index contributed by atoms with van der Waals surface area (Å²) in [4.78, 5) is 3.99. The third-order valence-electron chi connectivity index (χ3n) is 2.30. The zero-order valence-electron chi connectivity index (χ0n) is 11.2. The fraction of sp³-hybridized carbons (Fsp3) is 0.273. The summed E-state index contributed by atoms with van der Waals surface area (Å²) >= 11 is 1.19. The van der Waals surface area contributed by atoms with Crippen LogP contribution in [0.3, 0.4) is 0 Å². The lowest BCUT2D eigenvalue weighted by atomic mass is 10.3. The highest BCUT2D eigenvalue weighted by Crippen LogP contribution is 2.30. The van der Waals surface area contributed by atoms with Gasteiger partial charge in [0.25, 0.3) is 0 Å². The topological polar surface area (TPSA) is 106 Å². The number of nitrogens with zero attached hydrogens (tertiary/aromatic N) is 3. The second-order valence-electron chi connectivity index (χ2n) is 3.80. The summed E-state index contributed by atoms with van der Waals surface area (Å²) in [5.41, 5.74) is 0.176. The van der Waals surface area contributed by atoms with Crippen LogP contribution in [0.4, 0.5) is 5.69 Å². The maximum Gasteiger partial charge on any atom is 0.242 e. The molecular weight excluding hydrogens is 300 g/mol. The van der Waals surface area contributed by atoms with Crippen LogP contribution in [-0.4, -0.2) is 43.3 Å². The Morgan fingerprint density at radius 3 is 2.60 bits per heavy atom. The lowest BCUT2D eigenvalue weighted by molar-refractivity contribution is 0.473. The first kappa shape index (κ1) is 16.3. The first-order valence-electron chi connectivity index (χ1n) is 5.36. The van der Waals surface area contributed by atoms with E-state index in [9.17, 15) is 13.5 Å². The van der Waals surface area contributed by atoms with Crippen LogP contribution in [0, 0.1) is 11.5 Å². The van der Waals surface area contributed by atoms with Gasteiger partial charge in [-0.1, -0.05) is 11.8 Å². The van der Waals surface area contributed by atoms with Gasteiger partial charge in [0.2, 0.25) is 10.0 Å². The van der Waals surface area contributed by atoms with E-state index in [1.54, 1.807) is 12.4 Å². The number of amidine groups is 1. The maximum absolute atomic E-state index is 11.9. The van der Waals surface area contributed by atoms with Gasteiger partial charge in [0, 0.05) is 20.2 Å². The van der Waals surface area contributed by atoms with E-state index in [1.807, 2.05) is 0 Å². The van der Waals surface area contributed by atoms with Crippen molar-refractivity contribution in [3.05, 3.63) is 18.2 Å². The Kier molecular flexibility index (Phi) is 5.38. The molecule has 0 aromatic heterocycles. The number of hydrogen-bond acceptors (Lipinski definition) is 6. The van der Waals surface area contributed by atoms with Crippen LogP contribution < -0.4 is 5.32 Å². The number of aromatic hydroxyl groups is 1. The molecule has 1 rings (SSSR count). The second-order valence-corrected chi connectivity index (χ2v) is 6.74. The Balaban J connectivity index is 3.22. The first-order chi connectivity index (χ1) is 9.32. The molecule has 0 aliphatic carbocycles. The van der Waals surface area contributed by atoms with Gasteiger partial charge in [-0.25, -0.2) is 17.7 Å². The number of benzene rings is 1. The average molecular weight is 314 g/mol. The van der Waals surface area contributed by atoms with Crippen molar-refractivity contribution in [1.82, 2.24) is 9.62 Å². The van der Waals surface area contributed by atoms with Crippen LogP contribution in [0.2, 0.25) is 0 Å². The number of rotatable bonds is 3. The predicted molar refractivity (Wildman–Crippen MR) is 78.3 cm³/mol. The largest absolute Gasteiger partial charge is 0.506 e. The normalized spacial score (nSPS) is 12.2. The van der Waals surface area contributed by atoms with Crippen molar-refractivity contribution in [2.75, 3.05) is 20.4 Å². The summed E-state index contributed by atoms with van der Waals surface area (Å²) in [6.45, 7) is 0. The van der Waals surface area contributed by atoms with Gasteiger partial charge in [-0.2, -0.15) is 5.26 Å². The molecule has 2 N–H and O–H groups in total. The number of nitrogens with one attached hydrogen (secondary N) is 1. The summed E-state index contributed by atoms with van der Waals surface area (Å²) in [5.74, 6) is -0.279. The molecule has 0 aliphatic rings. The Morgan fingerprint density at radius 2 is 2.15 bits per heavy atom. The summed E-state index contributed by atoms with van der Waals surface area (Å²) in [6, 6.07) is 3.84. The van der Waals surface area contributed by atoms with E-state index in [-0.39, 0.29) is 16.3 Å². The molecule has 7 nitrogen and oxygen atoms in total. The van der Waals surface area contributed by atoms with E-state index in [2.05, 4.69) is 10.3 Å². The van der Waals surface area contributed by atoms with Crippen LogP contribution in [0.25, 0.3) is 0 Å². The number of phenolic OH excluding ortho intramolecular Hbond substituents is 1. The zero-order chi connectivity index (χ0) is 15.3. The van der Waals surface area contributed by atoms with Crippen LogP contribution in [0.15, 0.2) is 28.1 Å². The molecule has 0 heterocycles. The summed E-state index contributed by atoms with van der Waals surface area (Å²) in [6.07, 6.45) is 3.44. The van der Waals surface area contributed by atoms with E-state index in [0.717, 1.165) is 10.4 Å². The van der Waals surface area contributed by atoms with Gasteiger partial charge in [0.1, 0.15) is 11.4 Å². The highest BCUT2D eigenvalue weighted by atomic mass is 32.2. The zero-order valence-corrected chi connectivity index (χ0v) is 12.8. The molecule has 0 atom stereocenters. The third-order valence-corrected chi connectivity index (χ3v) is 4.69. The molecule has 0 spiro atoms. The summed E-state index contributed by atoms with van der Waals surface area (Å²) < 4.78 is 24.8. The Labute approximate surface area is 122 Å². The molecule has 0 amide bonds. The Morgan fingerprint density at radius 1 is 1.50 bits per heavy atom. The lowest BCUT2D eigenvalue weighted by Crippen LogP contribution is -2.22. The monoisotopic (exact) mass is 314 g/mol. The fourth-order valence-electron chi connectivity index (χ4n) is 1.25. The maximum atomic E-state index is 11.9. The number of nitriles is 1. The number of aliphatic imine (C=N–C) groups is 1. The third kappa shape index (κ3) is 3.63. The van der Waals surface area contributed by atoms with Crippen LogP contribution in [-0.2, 0) is 10.0 Å².